The summed E-state index contributed by atoms with van der Waals surface area (Å²) in [4.78, 5) is 15.4. The van der Waals surface area contributed by atoms with Crippen molar-refractivity contribution in [2.24, 2.45) is 0 Å². The van der Waals surface area contributed by atoms with Crippen LogP contribution in [0.5, 0.6) is 5.75 Å². The number of morpholine rings is 1. The molecule has 3 aliphatic rings. The van der Waals surface area contributed by atoms with E-state index in [-0.39, 0.29) is 22.2 Å². The molecule has 3 aliphatic heterocycles. The number of nitrogens with one attached hydrogen (secondary N) is 1. The predicted octanol–water partition coefficient (Wildman–Crippen LogP) is 2.01. The highest BCUT2D eigenvalue weighted by molar-refractivity contribution is 7.90. The second kappa shape index (κ2) is 9.66. The van der Waals surface area contributed by atoms with Gasteiger partial charge in [0.15, 0.2) is 15.5 Å². The summed E-state index contributed by atoms with van der Waals surface area (Å²) in [7, 11) is -3.63. The molecule has 1 fully saturated rings. The van der Waals surface area contributed by atoms with Crippen molar-refractivity contribution in [1.82, 2.24) is 25.1 Å². The van der Waals surface area contributed by atoms with E-state index in [0.717, 1.165) is 6.54 Å². The van der Waals surface area contributed by atoms with Crippen molar-refractivity contribution in [2.75, 3.05) is 46.0 Å². The van der Waals surface area contributed by atoms with Crippen molar-refractivity contribution in [3.05, 3.63) is 72.1 Å². The van der Waals surface area contributed by atoms with E-state index in [1.165, 1.54) is 0 Å². The number of rotatable bonds is 6. The molecule has 4 heterocycles. The molecule has 0 atom stereocenters. The van der Waals surface area contributed by atoms with Crippen LogP contribution in [-0.4, -0.2) is 80.0 Å². The third-order valence-electron chi connectivity index (χ3n) is 6.66. The SMILES string of the molecule is O=C(c1nn(-c2cccc(OCCN3C=CCN3)c2)c2c1CS(=O)(=O)c1ccccc1-2)N1CCOCC1. The van der Waals surface area contributed by atoms with Gasteiger partial charge < -0.3 is 19.4 Å². The fourth-order valence-electron chi connectivity index (χ4n) is 4.86. The number of hydrogen-bond donors (Lipinski definition) is 1. The Labute approximate surface area is 215 Å². The van der Waals surface area contributed by atoms with E-state index in [9.17, 15) is 13.2 Å². The number of carbonyl (C=O) groups excluding carboxylic acids is 1. The van der Waals surface area contributed by atoms with Gasteiger partial charge in [-0.25, -0.2) is 18.5 Å². The van der Waals surface area contributed by atoms with Crippen molar-refractivity contribution < 1.29 is 22.7 Å². The molecule has 1 aromatic heterocycles. The van der Waals surface area contributed by atoms with Crippen LogP contribution >= 0.6 is 0 Å². The van der Waals surface area contributed by atoms with Crippen LogP contribution in [0.3, 0.4) is 0 Å². The molecule has 0 unspecified atom stereocenters. The summed E-state index contributed by atoms with van der Waals surface area (Å²) < 4.78 is 39.4. The average molecular weight is 522 g/mol. The maximum absolute atomic E-state index is 13.5. The normalized spacial score (nSPS) is 17.9. The number of fused-ring (bicyclic) bond motifs is 3. The van der Waals surface area contributed by atoms with Crippen LogP contribution in [-0.2, 0) is 20.3 Å². The molecule has 1 N–H and O–H groups in total. The van der Waals surface area contributed by atoms with Crippen LogP contribution in [0, 0.1) is 0 Å². The molecule has 0 spiro atoms. The van der Waals surface area contributed by atoms with Gasteiger partial charge in [-0.1, -0.05) is 30.3 Å². The van der Waals surface area contributed by atoms with Gasteiger partial charge in [-0.15, -0.1) is 0 Å². The standard InChI is InChI=1S/C26H27N5O5S/c32-26(29-11-14-35-15-12-29)24-22-18-37(33,34)23-8-2-1-7-21(23)25(22)31(28-24)19-5-3-6-20(17-19)36-16-13-30-10-4-9-27-30/h1-8,10,17,27H,9,11-16,18H2. The zero-order valence-electron chi connectivity index (χ0n) is 20.2. The molecule has 192 valence electrons. The third kappa shape index (κ3) is 4.50. The Morgan fingerprint density at radius 2 is 1.95 bits per heavy atom. The average Bonchev–Trinajstić information content (AvgIpc) is 3.57. The largest absolute Gasteiger partial charge is 0.492 e. The molecule has 1 amide bonds. The van der Waals surface area contributed by atoms with Crippen LogP contribution in [0.15, 0.2) is 65.7 Å². The summed E-state index contributed by atoms with van der Waals surface area (Å²) in [6, 6.07) is 14.3. The summed E-state index contributed by atoms with van der Waals surface area (Å²) in [6.45, 7) is 3.72. The van der Waals surface area contributed by atoms with E-state index >= 15 is 0 Å². The lowest BCUT2D eigenvalue weighted by atomic mass is 10.0. The minimum atomic E-state index is -3.63. The molecule has 11 heteroatoms. The van der Waals surface area contributed by atoms with Gasteiger partial charge in [0.2, 0.25) is 0 Å². The molecule has 6 rings (SSSR count). The zero-order valence-corrected chi connectivity index (χ0v) is 21.0. The van der Waals surface area contributed by atoms with Crippen molar-refractivity contribution in [3.63, 3.8) is 0 Å². The molecule has 10 nitrogen and oxygen atoms in total. The van der Waals surface area contributed by atoms with Crippen LogP contribution in [0.4, 0.5) is 0 Å². The molecule has 0 bridgehead atoms. The second-order valence-corrected chi connectivity index (χ2v) is 11.0. The van der Waals surface area contributed by atoms with Gasteiger partial charge in [0.25, 0.3) is 5.91 Å². The van der Waals surface area contributed by atoms with Gasteiger partial charge in [0.1, 0.15) is 12.4 Å². The minimum absolute atomic E-state index is 0.160. The number of carbonyl (C=O) groups is 1. The first kappa shape index (κ1) is 23.7. The lowest BCUT2D eigenvalue weighted by Crippen LogP contribution is -2.41. The van der Waals surface area contributed by atoms with Crippen LogP contribution in [0.2, 0.25) is 0 Å². The Kier molecular flexibility index (Phi) is 6.19. The zero-order chi connectivity index (χ0) is 25.4. The van der Waals surface area contributed by atoms with Crippen molar-refractivity contribution in [2.45, 2.75) is 10.6 Å². The van der Waals surface area contributed by atoms with Gasteiger partial charge in [0.05, 0.1) is 41.8 Å². The molecule has 2 aromatic carbocycles. The first-order valence-electron chi connectivity index (χ1n) is 12.2. The van der Waals surface area contributed by atoms with Crippen molar-refractivity contribution in [1.29, 1.82) is 0 Å². The fourth-order valence-corrected chi connectivity index (χ4v) is 6.46. The molecule has 37 heavy (non-hydrogen) atoms. The molecular formula is C26H27N5O5S. The summed E-state index contributed by atoms with van der Waals surface area (Å²) in [5.74, 6) is 0.0891. The number of benzene rings is 2. The van der Waals surface area contributed by atoms with Gasteiger partial charge in [-0.05, 0) is 18.2 Å². The first-order valence-corrected chi connectivity index (χ1v) is 13.9. The van der Waals surface area contributed by atoms with Crippen molar-refractivity contribution >= 4 is 15.7 Å². The summed E-state index contributed by atoms with van der Waals surface area (Å²) in [6.07, 6.45) is 4.02. The number of amides is 1. The van der Waals surface area contributed by atoms with Gasteiger partial charge in [-0.2, -0.15) is 5.10 Å². The monoisotopic (exact) mass is 521 g/mol. The Morgan fingerprint density at radius 1 is 1.11 bits per heavy atom. The number of hydrogen-bond acceptors (Lipinski definition) is 8. The number of hydrazine groups is 1. The summed E-state index contributed by atoms with van der Waals surface area (Å²) >= 11 is 0. The molecular weight excluding hydrogens is 494 g/mol. The van der Waals surface area contributed by atoms with Gasteiger partial charge in [0, 0.05) is 43.0 Å². The molecule has 1 saturated heterocycles. The Bertz CT molecular complexity index is 1480. The van der Waals surface area contributed by atoms with Crippen LogP contribution in [0.25, 0.3) is 16.9 Å². The maximum atomic E-state index is 13.5. The number of sulfone groups is 1. The van der Waals surface area contributed by atoms with Crippen molar-refractivity contribution in [3.8, 4) is 22.7 Å². The van der Waals surface area contributed by atoms with E-state index in [0.29, 0.717) is 67.7 Å². The second-order valence-electron chi connectivity index (χ2n) is 9.03. The lowest BCUT2D eigenvalue weighted by Gasteiger charge is -2.26. The third-order valence-corrected chi connectivity index (χ3v) is 8.35. The number of nitrogens with zero attached hydrogens (tertiary/aromatic N) is 4. The number of aromatic nitrogens is 2. The quantitative estimate of drug-likeness (QED) is 0.525. The summed E-state index contributed by atoms with van der Waals surface area (Å²) in [5, 5.41) is 6.69. The van der Waals surface area contributed by atoms with E-state index in [1.807, 2.05) is 41.6 Å². The van der Waals surface area contributed by atoms with E-state index in [2.05, 4.69) is 5.43 Å². The highest BCUT2D eigenvalue weighted by Gasteiger charge is 2.37. The predicted molar refractivity (Wildman–Crippen MR) is 136 cm³/mol. The lowest BCUT2D eigenvalue weighted by molar-refractivity contribution is 0.0298. The maximum Gasteiger partial charge on any atom is 0.274 e. The number of ether oxygens (including phenoxy) is 2. The minimum Gasteiger partial charge on any atom is -0.492 e. The highest BCUT2D eigenvalue weighted by atomic mass is 32.2. The van der Waals surface area contributed by atoms with Gasteiger partial charge in [-0.3, -0.25) is 4.79 Å². The first-order chi connectivity index (χ1) is 18.0. The molecule has 0 radical (unpaired) electrons. The smallest absolute Gasteiger partial charge is 0.274 e. The highest BCUT2D eigenvalue weighted by Crippen LogP contribution is 2.41. The Balaban J connectivity index is 1.40. The van der Waals surface area contributed by atoms with Crippen LogP contribution < -0.4 is 10.2 Å². The van der Waals surface area contributed by atoms with Gasteiger partial charge >= 0.3 is 0 Å². The van der Waals surface area contributed by atoms with Crippen LogP contribution in [0.1, 0.15) is 16.1 Å². The molecule has 0 aliphatic carbocycles. The molecule has 3 aromatic rings. The summed E-state index contributed by atoms with van der Waals surface area (Å²) in [5.41, 5.74) is 5.63. The van der Waals surface area contributed by atoms with E-state index < -0.39 is 9.84 Å². The molecule has 0 saturated carbocycles. The van der Waals surface area contributed by atoms with E-state index in [4.69, 9.17) is 14.6 Å². The fraction of sp³-hybridized carbons (Fsp3) is 0.308. The van der Waals surface area contributed by atoms with E-state index in [1.54, 1.807) is 33.8 Å². The Hall–Kier alpha value is -3.67. The Morgan fingerprint density at radius 3 is 2.76 bits per heavy atom. The topological polar surface area (TPSA) is 106 Å².